The number of allylic oxidation sites excluding steroid dienone is 4. The third-order valence-electron chi connectivity index (χ3n) is 2.98. The Bertz CT molecular complexity index is 176. The Labute approximate surface area is 109 Å². The van der Waals surface area contributed by atoms with Gasteiger partial charge in [-0.05, 0) is 25.7 Å². The fraction of sp³-hybridized carbons (Fsp3) is 0.706. The van der Waals surface area contributed by atoms with Gasteiger partial charge >= 0.3 is 0 Å². The van der Waals surface area contributed by atoms with Gasteiger partial charge in [0.25, 0.3) is 0 Å². The molecule has 0 bridgehead atoms. The Hall–Kier alpha value is -0.520. The molecule has 0 aromatic carbocycles. The van der Waals surface area contributed by atoms with E-state index in [0.29, 0.717) is 0 Å². The lowest BCUT2D eigenvalue weighted by molar-refractivity contribution is 0.637. The minimum absolute atomic E-state index is 1.08. The van der Waals surface area contributed by atoms with Gasteiger partial charge in [-0.3, -0.25) is 0 Å². The van der Waals surface area contributed by atoms with E-state index in [0.717, 1.165) is 6.42 Å². The molecule has 0 N–H and O–H groups in total. The summed E-state index contributed by atoms with van der Waals surface area (Å²) in [6.45, 7) is 6.12. The lowest BCUT2D eigenvalue weighted by atomic mass is 10.1. The van der Waals surface area contributed by atoms with Gasteiger partial charge in [-0.1, -0.05) is 83.1 Å². The predicted octanol–water partition coefficient (Wildman–Crippen LogP) is 6.24. The molecule has 0 atom stereocenters. The Balaban J connectivity index is 3.15. The third kappa shape index (κ3) is 15.5. The Morgan fingerprint density at radius 2 is 1.24 bits per heavy atom. The maximum absolute atomic E-state index is 3.85. The van der Waals surface area contributed by atoms with Crippen LogP contribution in [0.2, 0.25) is 0 Å². The molecule has 0 aromatic heterocycles. The van der Waals surface area contributed by atoms with Gasteiger partial charge in [0.05, 0.1) is 0 Å². The zero-order chi connectivity index (χ0) is 12.6. The lowest BCUT2D eigenvalue weighted by Crippen LogP contribution is -1.75. The second-order valence-electron chi connectivity index (χ2n) is 4.76. The number of rotatable bonds is 12. The molecule has 0 aromatic rings. The fourth-order valence-corrected chi connectivity index (χ4v) is 1.83. The highest BCUT2D eigenvalue weighted by molar-refractivity contribution is 5.02. The van der Waals surface area contributed by atoms with Crippen LogP contribution in [0.3, 0.4) is 0 Å². The van der Waals surface area contributed by atoms with Gasteiger partial charge in [-0.25, -0.2) is 0 Å². The molecule has 0 spiro atoms. The first-order chi connectivity index (χ1) is 8.41. The van der Waals surface area contributed by atoms with Crippen LogP contribution in [0, 0.1) is 6.92 Å². The summed E-state index contributed by atoms with van der Waals surface area (Å²) in [6, 6.07) is 0. The van der Waals surface area contributed by atoms with Crippen LogP contribution in [0.5, 0.6) is 0 Å². The van der Waals surface area contributed by atoms with Crippen LogP contribution >= 0.6 is 0 Å². The largest absolute Gasteiger partial charge is 0.0845 e. The van der Waals surface area contributed by atoms with Crippen LogP contribution in [0.25, 0.3) is 0 Å². The molecular formula is C17H31. The third-order valence-corrected chi connectivity index (χ3v) is 2.98. The van der Waals surface area contributed by atoms with Crippen molar-refractivity contribution in [1.82, 2.24) is 0 Å². The van der Waals surface area contributed by atoms with Crippen LogP contribution in [0.4, 0.5) is 0 Å². The summed E-state index contributed by atoms with van der Waals surface area (Å²) in [5.74, 6) is 0. The van der Waals surface area contributed by atoms with E-state index in [2.05, 4.69) is 38.2 Å². The molecule has 99 valence electrons. The van der Waals surface area contributed by atoms with Gasteiger partial charge in [-0.2, -0.15) is 0 Å². The molecule has 0 fully saturated rings. The van der Waals surface area contributed by atoms with E-state index >= 15 is 0 Å². The molecule has 0 aliphatic rings. The van der Waals surface area contributed by atoms with E-state index in [9.17, 15) is 0 Å². The van der Waals surface area contributed by atoms with Gasteiger partial charge in [0.15, 0.2) is 0 Å². The smallest absolute Gasteiger partial charge is 0.0348 e. The minimum Gasteiger partial charge on any atom is -0.0845 e. The SMILES string of the molecule is [CH2]CCCCCC=CC=CCCCCCCC. The molecule has 0 saturated carbocycles. The zero-order valence-corrected chi connectivity index (χ0v) is 11.8. The maximum atomic E-state index is 3.85. The van der Waals surface area contributed by atoms with Crippen molar-refractivity contribution in [1.29, 1.82) is 0 Å². The second-order valence-corrected chi connectivity index (χ2v) is 4.76. The molecular weight excluding hydrogens is 204 g/mol. The van der Waals surface area contributed by atoms with Crippen LogP contribution in [0.1, 0.15) is 77.6 Å². The first-order valence-electron chi connectivity index (χ1n) is 7.52. The topological polar surface area (TPSA) is 0 Å². The number of hydrogen-bond acceptors (Lipinski definition) is 0. The van der Waals surface area contributed by atoms with Crippen molar-refractivity contribution in [2.75, 3.05) is 0 Å². The van der Waals surface area contributed by atoms with Crippen molar-refractivity contribution in [3.8, 4) is 0 Å². The van der Waals surface area contributed by atoms with Gasteiger partial charge < -0.3 is 0 Å². The molecule has 0 heteroatoms. The van der Waals surface area contributed by atoms with E-state index in [1.165, 1.54) is 64.2 Å². The first-order valence-corrected chi connectivity index (χ1v) is 7.52. The molecule has 0 aliphatic heterocycles. The van der Waals surface area contributed by atoms with Gasteiger partial charge in [0, 0.05) is 0 Å². The second kappa shape index (κ2) is 15.5. The van der Waals surface area contributed by atoms with Crippen LogP contribution in [-0.4, -0.2) is 0 Å². The summed E-state index contributed by atoms with van der Waals surface area (Å²) in [5.41, 5.74) is 0. The van der Waals surface area contributed by atoms with Crippen LogP contribution in [-0.2, 0) is 0 Å². The Morgan fingerprint density at radius 1 is 0.706 bits per heavy atom. The first kappa shape index (κ1) is 16.5. The van der Waals surface area contributed by atoms with Gasteiger partial charge in [-0.15, -0.1) is 0 Å². The molecule has 0 nitrogen and oxygen atoms in total. The lowest BCUT2D eigenvalue weighted by Gasteiger charge is -1.95. The zero-order valence-electron chi connectivity index (χ0n) is 11.8. The predicted molar refractivity (Wildman–Crippen MR) is 80.1 cm³/mol. The summed E-state index contributed by atoms with van der Waals surface area (Å²) in [6.07, 6.45) is 23.4. The average Bonchev–Trinajstić information content (AvgIpc) is 2.35. The standard InChI is InChI=1S/C17H31/c1-3-5-7-9-11-13-15-17-16-14-12-10-8-6-4-2/h13,15-17H,1,3-12,14H2,2H3. The normalized spacial score (nSPS) is 11.9. The molecule has 0 rings (SSSR count). The summed E-state index contributed by atoms with van der Waals surface area (Å²) < 4.78 is 0. The van der Waals surface area contributed by atoms with Crippen molar-refractivity contribution in [3.63, 3.8) is 0 Å². The number of unbranched alkanes of at least 4 members (excludes halogenated alkanes) is 9. The average molecular weight is 235 g/mol. The molecule has 0 unspecified atom stereocenters. The van der Waals surface area contributed by atoms with E-state index in [1.54, 1.807) is 0 Å². The summed E-state index contributed by atoms with van der Waals surface area (Å²) >= 11 is 0. The van der Waals surface area contributed by atoms with Crippen LogP contribution < -0.4 is 0 Å². The number of hydrogen-bond donors (Lipinski definition) is 0. The fourth-order valence-electron chi connectivity index (χ4n) is 1.83. The van der Waals surface area contributed by atoms with Crippen molar-refractivity contribution in [2.24, 2.45) is 0 Å². The van der Waals surface area contributed by atoms with Crippen molar-refractivity contribution < 1.29 is 0 Å². The Morgan fingerprint density at radius 3 is 1.76 bits per heavy atom. The highest BCUT2D eigenvalue weighted by Gasteiger charge is 1.86. The molecule has 0 aliphatic carbocycles. The highest BCUT2D eigenvalue weighted by atomic mass is 13.9. The van der Waals surface area contributed by atoms with Crippen molar-refractivity contribution in [3.05, 3.63) is 31.2 Å². The summed E-state index contributed by atoms with van der Waals surface area (Å²) in [4.78, 5) is 0. The van der Waals surface area contributed by atoms with Crippen molar-refractivity contribution >= 4 is 0 Å². The van der Waals surface area contributed by atoms with E-state index in [4.69, 9.17) is 0 Å². The monoisotopic (exact) mass is 235 g/mol. The van der Waals surface area contributed by atoms with E-state index in [1.807, 2.05) is 0 Å². The Kier molecular flexibility index (Phi) is 15.0. The highest BCUT2D eigenvalue weighted by Crippen LogP contribution is 2.05. The minimum atomic E-state index is 1.08. The molecule has 0 heterocycles. The van der Waals surface area contributed by atoms with Gasteiger partial charge in [0.1, 0.15) is 0 Å². The van der Waals surface area contributed by atoms with Crippen molar-refractivity contribution in [2.45, 2.75) is 77.6 Å². The van der Waals surface area contributed by atoms with Crippen LogP contribution in [0.15, 0.2) is 24.3 Å². The summed E-state index contributed by atoms with van der Waals surface area (Å²) in [5, 5.41) is 0. The molecule has 0 saturated heterocycles. The maximum Gasteiger partial charge on any atom is -0.0348 e. The van der Waals surface area contributed by atoms with Gasteiger partial charge in [0.2, 0.25) is 0 Å². The quantitative estimate of drug-likeness (QED) is 0.277. The summed E-state index contributed by atoms with van der Waals surface area (Å²) in [7, 11) is 0. The molecule has 1 radical (unpaired) electrons. The molecule has 0 amide bonds. The van der Waals surface area contributed by atoms with E-state index in [-0.39, 0.29) is 0 Å². The van der Waals surface area contributed by atoms with E-state index < -0.39 is 0 Å². The molecule has 17 heavy (non-hydrogen) atoms.